The molecule has 0 aliphatic heterocycles. The van der Waals surface area contributed by atoms with Gasteiger partial charge in [0.25, 0.3) is 0 Å². The van der Waals surface area contributed by atoms with Crippen molar-refractivity contribution in [2.45, 2.75) is 25.7 Å². The van der Waals surface area contributed by atoms with Crippen molar-refractivity contribution < 1.29 is 24.6 Å². The maximum atomic E-state index is 11.2. The van der Waals surface area contributed by atoms with Crippen molar-refractivity contribution in [1.29, 1.82) is 0 Å². The fraction of sp³-hybridized carbons (Fsp3) is 0.583. The second-order valence-corrected chi connectivity index (χ2v) is 4.47. The topological polar surface area (TPSA) is 104 Å². The van der Waals surface area contributed by atoms with Crippen molar-refractivity contribution in [2.75, 3.05) is 6.54 Å². The highest BCUT2D eigenvalue weighted by molar-refractivity contribution is 5.93. The molecule has 0 heterocycles. The number of aliphatic carboxylic acids is 2. The molecule has 1 saturated carbocycles. The highest BCUT2D eigenvalue weighted by atomic mass is 16.4. The molecule has 0 aromatic heterocycles. The summed E-state index contributed by atoms with van der Waals surface area (Å²) in [6.07, 6.45) is 4.60. The van der Waals surface area contributed by atoms with Gasteiger partial charge in [0.1, 0.15) is 0 Å². The summed E-state index contributed by atoms with van der Waals surface area (Å²) in [6.45, 7) is 0.467. The monoisotopic (exact) mass is 255 g/mol. The van der Waals surface area contributed by atoms with Gasteiger partial charge < -0.3 is 15.5 Å². The Morgan fingerprint density at radius 1 is 1.06 bits per heavy atom. The van der Waals surface area contributed by atoms with E-state index < -0.39 is 17.8 Å². The highest BCUT2D eigenvalue weighted by Gasteiger charge is 2.25. The summed E-state index contributed by atoms with van der Waals surface area (Å²) >= 11 is 0. The van der Waals surface area contributed by atoms with E-state index in [1.807, 2.05) is 0 Å². The first-order chi connectivity index (χ1) is 8.49. The molecule has 100 valence electrons. The molecule has 6 heteroatoms. The Kier molecular flexibility index (Phi) is 5.35. The SMILES string of the molecule is O=C(O)/C=C\C(=O)NCC1CCC(C(=O)O)CC1. The van der Waals surface area contributed by atoms with Crippen LogP contribution in [0.3, 0.4) is 0 Å². The van der Waals surface area contributed by atoms with Crippen LogP contribution in [0.15, 0.2) is 12.2 Å². The molecular formula is C12H17NO5. The second kappa shape index (κ2) is 6.78. The molecule has 18 heavy (non-hydrogen) atoms. The van der Waals surface area contributed by atoms with Crippen molar-refractivity contribution in [2.24, 2.45) is 11.8 Å². The number of carbonyl (C=O) groups is 3. The Morgan fingerprint density at radius 3 is 2.17 bits per heavy atom. The van der Waals surface area contributed by atoms with Crippen LogP contribution in [0.1, 0.15) is 25.7 Å². The fourth-order valence-corrected chi connectivity index (χ4v) is 2.06. The van der Waals surface area contributed by atoms with Gasteiger partial charge >= 0.3 is 11.9 Å². The third kappa shape index (κ3) is 4.99. The van der Waals surface area contributed by atoms with E-state index in [1.165, 1.54) is 0 Å². The smallest absolute Gasteiger partial charge is 0.328 e. The van der Waals surface area contributed by atoms with Gasteiger partial charge in [0.15, 0.2) is 0 Å². The van der Waals surface area contributed by atoms with Gasteiger partial charge in [-0.15, -0.1) is 0 Å². The van der Waals surface area contributed by atoms with Gasteiger partial charge in [-0.25, -0.2) is 4.79 Å². The number of carbonyl (C=O) groups excluding carboxylic acids is 1. The lowest BCUT2D eigenvalue weighted by Crippen LogP contribution is -2.31. The van der Waals surface area contributed by atoms with Crippen molar-refractivity contribution in [3.8, 4) is 0 Å². The largest absolute Gasteiger partial charge is 0.481 e. The number of carboxylic acids is 2. The van der Waals surface area contributed by atoms with E-state index in [1.54, 1.807) is 0 Å². The molecule has 3 N–H and O–H groups in total. The molecule has 1 rings (SSSR count). The molecule has 1 aliphatic carbocycles. The van der Waals surface area contributed by atoms with E-state index in [9.17, 15) is 14.4 Å². The Morgan fingerprint density at radius 2 is 1.67 bits per heavy atom. The molecule has 0 spiro atoms. The Labute approximate surface area is 105 Å². The van der Waals surface area contributed by atoms with Gasteiger partial charge in [-0.1, -0.05) is 0 Å². The minimum atomic E-state index is -1.16. The molecule has 0 radical (unpaired) electrons. The number of carboxylic acid groups (broad SMARTS) is 2. The van der Waals surface area contributed by atoms with E-state index in [0.29, 0.717) is 19.4 Å². The van der Waals surface area contributed by atoms with E-state index in [2.05, 4.69) is 5.32 Å². The first-order valence-electron chi connectivity index (χ1n) is 5.90. The lowest BCUT2D eigenvalue weighted by atomic mass is 9.82. The van der Waals surface area contributed by atoms with Crippen molar-refractivity contribution in [3.63, 3.8) is 0 Å². The summed E-state index contributed by atoms with van der Waals surface area (Å²) in [7, 11) is 0. The van der Waals surface area contributed by atoms with Gasteiger partial charge in [0.05, 0.1) is 5.92 Å². The average Bonchev–Trinajstić information content (AvgIpc) is 2.34. The zero-order valence-corrected chi connectivity index (χ0v) is 9.96. The van der Waals surface area contributed by atoms with Crippen LogP contribution in [-0.2, 0) is 14.4 Å². The first kappa shape index (κ1) is 14.2. The van der Waals surface area contributed by atoms with Crippen LogP contribution in [0, 0.1) is 11.8 Å². The van der Waals surface area contributed by atoms with Crippen LogP contribution >= 0.6 is 0 Å². The number of amides is 1. The minimum Gasteiger partial charge on any atom is -0.481 e. The third-order valence-electron chi connectivity index (χ3n) is 3.14. The predicted molar refractivity (Wildman–Crippen MR) is 62.9 cm³/mol. The Hall–Kier alpha value is -1.85. The van der Waals surface area contributed by atoms with Crippen LogP contribution in [0.5, 0.6) is 0 Å². The summed E-state index contributed by atoms with van der Waals surface area (Å²) in [5.74, 6) is -2.32. The molecule has 0 atom stereocenters. The van der Waals surface area contributed by atoms with Crippen LogP contribution in [0.25, 0.3) is 0 Å². The molecule has 0 saturated heterocycles. The number of hydrogen-bond donors (Lipinski definition) is 3. The second-order valence-electron chi connectivity index (χ2n) is 4.47. The number of hydrogen-bond acceptors (Lipinski definition) is 3. The van der Waals surface area contributed by atoms with Crippen molar-refractivity contribution in [1.82, 2.24) is 5.32 Å². The van der Waals surface area contributed by atoms with Crippen LogP contribution in [0.2, 0.25) is 0 Å². The summed E-state index contributed by atoms with van der Waals surface area (Å²) in [6, 6.07) is 0. The molecule has 6 nitrogen and oxygen atoms in total. The third-order valence-corrected chi connectivity index (χ3v) is 3.14. The predicted octanol–water partition coefficient (Wildman–Crippen LogP) is 0.634. The van der Waals surface area contributed by atoms with E-state index in [-0.39, 0.29) is 11.8 Å². The summed E-state index contributed by atoms with van der Waals surface area (Å²) in [5, 5.41) is 19.8. The zero-order chi connectivity index (χ0) is 13.5. The Balaban J connectivity index is 2.23. The summed E-state index contributed by atoms with van der Waals surface area (Å²) in [4.78, 5) is 32.1. The van der Waals surface area contributed by atoms with Gasteiger partial charge in [-0.2, -0.15) is 0 Å². The molecule has 0 bridgehead atoms. The lowest BCUT2D eigenvalue weighted by molar-refractivity contribution is -0.143. The van der Waals surface area contributed by atoms with Crippen LogP contribution < -0.4 is 5.32 Å². The van der Waals surface area contributed by atoms with Crippen molar-refractivity contribution >= 4 is 17.8 Å². The number of nitrogens with one attached hydrogen (secondary N) is 1. The normalized spacial score (nSPS) is 23.8. The van der Waals surface area contributed by atoms with Gasteiger partial charge in [0, 0.05) is 18.7 Å². The molecule has 1 fully saturated rings. The van der Waals surface area contributed by atoms with Crippen LogP contribution in [-0.4, -0.2) is 34.6 Å². The first-order valence-corrected chi connectivity index (χ1v) is 5.90. The standard InChI is InChI=1S/C12H17NO5/c14-10(5-6-11(15)16)13-7-8-1-3-9(4-2-8)12(17)18/h5-6,8-9H,1-4,7H2,(H,13,14)(H,15,16)(H,17,18)/b6-5-. The molecule has 0 unspecified atom stereocenters. The van der Waals surface area contributed by atoms with E-state index in [4.69, 9.17) is 10.2 Å². The lowest BCUT2D eigenvalue weighted by Gasteiger charge is -2.25. The van der Waals surface area contributed by atoms with Crippen molar-refractivity contribution in [3.05, 3.63) is 12.2 Å². The Bertz CT molecular complexity index is 355. The van der Waals surface area contributed by atoms with E-state index >= 15 is 0 Å². The highest BCUT2D eigenvalue weighted by Crippen LogP contribution is 2.28. The minimum absolute atomic E-state index is 0.260. The molecule has 0 aromatic carbocycles. The van der Waals surface area contributed by atoms with E-state index in [0.717, 1.165) is 25.0 Å². The summed E-state index contributed by atoms with van der Waals surface area (Å²) < 4.78 is 0. The van der Waals surface area contributed by atoms with Gasteiger partial charge in [-0.05, 0) is 31.6 Å². The van der Waals surface area contributed by atoms with Gasteiger partial charge in [0.2, 0.25) is 5.91 Å². The maximum absolute atomic E-state index is 11.2. The van der Waals surface area contributed by atoms with Gasteiger partial charge in [-0.3, -0.25) is 9.59 Å². The summed E-state index contributed by atoms with van der Waals surface area (Å²) in [5.41, 5.74) is 0. The zero-order valence-electron chi connectivity index (χ0n) is 9.96. The van der Waals surface area contributed by atoms with Crippen LogP contribution in [0.4, 0.5) is 0 Å². The maximum Gasteiger partial charge on any atom is 0.328 e. The molecular weight excluding hydrogens is 238 g/mol. The molecule has 1 aliphatic rings. The molecule has 0 aromatic rings. The molecule has 1 amide bonds. The average molecular weight is 255 g/mol. The quantitative estimate of drug-likeness (QED) is 0.625. The fourth-order valence-electron chi connectivity index (χ4n) is 2.06. The number of rotatable bonds is 5.